The summed E-state index contributed by atoms with van der Waals surface area (Å²) < 4.78 is 5.14. The molecule has 0 aliphatic carbocycles. The molecule has 0 atom stereocenters. The lowest BCUT2D eigenvalue weighted by molar-refractivity contribution is -0.131. The third kappa shape index (κ3) is 4.32. The first-order valence-electron chi connectivity index (χ1n) is 9.43. The highest BCUT2D eigenvalue weighted by molar-refractivity contribution is 7.13. The molecule has 1 aliphatic heterocycles. The van der Waals surface area contributed by atoms with E-state index in [1.807, 2.05) is 46.7 Å². The Bertz CT molecular complexity index is 974. The minimum atomic E-state index is -0.105. The predicted molar refractivity (Wildman–Crippen MR) is 111 cm³/mol. The summed E-state index contributed by atoms with van der Waals surface area (Å²) in [6.07, 6.45) is 0.349. The van der Waals surface area contributed by atoms with Crippen molar-refractivity contribution >= 4 is 23.2 Å². The van der Waals surface area contributed by atoms with Crippen molar-refractivity contribution in [2.45, 2.75) is 6.42 Å². The second-order valence-electron chi connectivity index (χ2n) is 6.84. The van der Waals surface area contributed by atoms with Crippen molar-refractivity contribution in [2.24, 2.45) is 0 Å². The van der Waals surface area contributed by atoms with E-state index in [-0.39, 0.29) is 11.8 Å². The topological polar surface area (TPSA) is 78.5 Å². The van der Waals surface area contributed by atoms with Gasteiger partial charge in [-0.15, -0.1) is 11.3 Å². The van der Waals surface area contributed by atoms with Gasteiger partial charge in [0, 0.05) is 26.2 Å². The molecule has 0 bridgehead atoms. The lowest BCUT2D eigenvalue weighted by atomic mass is 10.1. The minimum Gasteiger partial charge on any atom is -0.497 e. The van der Waals surface area contributed by atoms with Crippen LogP contribution in [0.1, 0.15) is 16.1 Å². The molecule has 1 saturated heterocycles. The fourth-order valence-electron chi connectivity index (χ4n) is 3.34. The van der Waals surface area contributed by atoms with Crippen molar-refractivity contribution in [1.82, 2.24) is 20.0 Å². The summed E-state index contributed by atoms with van der Waals surface area (Å²) >= 11 is 1.60. The molecular weight excluding hydrogens is 388 g/mol. The highest BCUT2D eigenvalue weighted by atomic mass is 32.1. The molecule has 1 N–H and O–H groups in total. The van der Waals surface area contributed by atoms with E-state index in [1.165, 1.54) is 0 Å². The van der Waals surface area contributed by atoms with E-state index in [9.17, 15) is 9.59 Å². The maximum absolute atomic E-state index is 12.7. The number of thiophene rings is 1. The average molecular weight is 410 g/mol. The molecule has 29 heavy (non-hydrogen) atoms. The maximum atomic E-state index is 12.7. The first-order valence-corrected chi connectivity index (χ1v) is 10.3. The molecule has 0 spiro atoms. The smallest absolute Gasteiger partial charge is 0.274 e. The number of piperazine rings is 1. The Kier molecular flexibility index (Phi) is 5.62. The van der Waals surface area contributed by atoms with Crippen LogP contribution in [0.25, 0.3) is 10.6 Å². The van der Waals surface area contributed by atoms with E-state index < -0.39 is 0 Å². The molecule has 0 unspecified atom stereocenters. The molecule has 3 aromatic rings. The number of rotatable bonds is 5. The molecule has 1 aliphatic rings. The molecule has 1 aromatic carbocycles. The molecule has 7 nitrogen and oxygen atoms in total. The summed E-state index contributed by atoms with van der Waals surface area (Å²) in [5, 5.41) is 9.09. The van der Waals surface area contributed by atoms with Crippen LogP contribution in [0.4, 0.5) is 0 Å². The number of aromatic nitrogens is 2. The Balaban J connectivity index is 1.31. The Labute approximate surface area is 172 Å². The summed E-state index contributed by atoms with van der Waals surface area (Å²) in [5.74, 6) is 0.738. The highest BCUT2D eigenvalue weighted by Crippen LogP contribution is 2.23. The Morgan fingerprint density at radius 2 is 1.83 bits per heavy atom. The summed E-state index contributed by atoms with van der Waals surface area (Å²) in [7, 11) is 1.62. The molecule has 3 heterocycles. The monoisotopic (exact) mass is 410 g/mol. The summed E-state index contributed by atoms with van der Waals surface area (Å²) in [6, 6.07) is 13.2. The number of aromatic amines is 1. The normalized spacial score (nSPS) is 14.1. The van der Waals surface area contributed by atoms with Crippen molar-refractivity contribution < 1.29 is 14.3 Å². The highest BCUT2D eigenvalue weighted by Gasteiger charge is 2.26. The third-order valence-electron chi connectivity index (χ3n) is 5.02. The SMILES string of the molecule is COc1ccc(CC(=O)N2CCN(C(=O)c3cc(-c4cccs4)[nH]n3)CC2)cc1. The Morgan fingerprint density at radius 1 is 1.10 bits per heavy atom. The number of hydrogen-bond acceptors (Lipinski definition) is 5. The molecule has 0 saturated carbocycles. The van der Waals surface area contributed by atoms with E-state index in [4.69, 9.17) is 4.74 Å². The van der Waals surface area contributed by atoms with E-state index >= 15 is 0 Å². The number of hydrogen-bond donors (Lipinski definition) is 1. The quantitative estimate of drug-likeness (QED) is 0.701. The second kappa shape index (κ2) is 8.48. The summed E-state index contributed by atoms with van der Waals surface area (Å²) in [5.41, 5.74) is 2.20. The van der Waals surface area contributed by atoms with Gasteiger partial charge >= 0.3 is 0 Å². The van der Waals surface area contributed by atoms with E-state index in [1.54, 1.807) is 29.4 Å². The van der Waals surface area contributed by atoms with Gasteiger partial charge in [-0.05, 0) is 35.2 Å². The second-order valence-corrected chi connectivity index (χ2v) is 7.79. The number of carbonyl (C=O) groups excluding carboxylic acids is 2. The van der Waals surface area contributed by atoms with Gasteiger partial charge in [-0.3, -0.25) is 14.7 Å². The van der Waals surface area contributed by atoms with Crippen molar-refractivity contribution in [2.75, 3.05) is 33.3 Å². The van der Waals surface area contributed by atoms with Crippen LogP contribution in [0.2, 0.25) is 0 Å². The number of nitrogens with zero attached hydrogens (tertiary/aromatic N) is 3. The van der Waals surface area contributed by atoms with Gasteiger partial charge in [-0.2, -0.15) is 5.10 Å². The number of methoxy groups -OCH3 is 1. The van der Waals surface area contributed by atoms with Crippen LogP contribution in [-0.2, 0) is 11.2 Å². The van der Waals surface area contributed by atoms with Crippen molar-refractivity contribution in [3.05, 3.63) is 59.1 Å². The molecule has 150 valence electrons. The average Bonchev–Trinajstić information content (AvgIpc) is 3.46. The predicted octanol–water partition coefficient (Wildman–Crippen LogP) is 2.67. The van der Waals surface area contributed by atoms with Crippen molar-refractivity contribution in [1.29, 1.82) is 0 Å². The van der Waals surface area contributed by atoms with E-state index in [0.29, 0.717) is 38.3 Å². The van der Waals surface area contributed by atoms with Gasteiger partial charge in [0.15, 0.2) is 5.69 Å². The van der Waals surface area contributed by atoms with Gasteiger partial charge in [-0.1, -0.05) is 18.2 Å². The molecule has 1 fully saturated rings. The number of carbonyl (C=O) groups is 2. The molecule has 2 aromatic heterocycles. The van der Waals surface area contributed by atoms with Crippen LogP contribution in [0.3, 0.4) is 0 Å². The van der Waals surface area contributed by atoms with Gasteiger partial charge in [0.1, 0.15) is 5.75 Å². The lowest BCUT2D eigenvalue weighted by Gasteiger charge is -2.34. The Morgan fingerprint density at radius 3 is 2.48 bits per heavy atom. The zero-order valence-electron chi connectivity index (χ0n) is 16.1. The lowest BCUT2D eigenvalue weighted by Crippen LogP contribution is -2.51. The standard InChI is InChI=1S/C21H22N4O3S/c1-28-16-6-4-15(5-7-16)13-20(26)24-8-10-25(11-9-24)21(27)18-14-17(22-23-18)19-3-2-12-29-19/h2-7,12,14H,8-11,13H2,1H3,(H,22,23). The fraction of sp³-hybridized carbons (Fsp3) is 0.286. The molecule has 8 heteroatoms. The first kappa shape index (κ1) is 19.2. The van der Waals surface area contributed by atoms with Crippen LogP contribution in [-0.4, -0.2) is 65.1 Å². The zero-order valence-corrected chi connectivity index (χ0v) is 16.9. The van der Waals surface area contributed by atoms with E-state index in [2.05, 4.69) is 10.2 Å². The van der Waals surface area contributed by atoms with Gasteiger partial charge < -0.3 is 14.5 Å². The van der Waals surface area contributed by atoms with Crippen molar-refractivity contribution in [3.63, 3.8) is 0 Å². The van der Waals surface area contributed by atoms with Gasteiger partial charge in [0.2, 0.25) is 5.91 Å². The van der Waals surface area contributed by atoms with Gasteiger partial charge in [0.05, 0.1) is 24.1 Å². The first-order chi connectivity index (χ1) is 14.1. The zero-order chi connectivity index (χ0) is 20.2. The number of benzene rings is 1. The summed E-state index contributed by atoms with van der Waals surface area (Å²) in [4.78, 5) is 29.9. The number of ether oxygens (including phenoxy) is 1. The van der Waals surface area contributed by atoms with Gasteiger partial charge in [-0.25, -0.2) is 0 Å². The van der Waals surface area contributed by atoms with Crippen molar-refractivity contribution in [3.8, 4) is 16.3 Å². The number of H-pyrrole nitrogens is 1. The summed E-state index contributed by atoms with van der Waals surface area (Å²) in [6.45, 7) is 2.08. The van der Waals surface area contributed by atoms with Crippen LogP contribution in [0.5, 0.6) is 5.75 Å². The third-order valence-corrected chi connectivity index (χ3v) is 5.92. The van der Waals surface area contributed by atoms with Crippen LogP contribution in [0, 0.1) is 0 Å². The van der Waals surface area contributed by atoms with Crippen LogP contribution in [0.15, 0.2) is 47.8 Å². The maximum Gasteiger partial charge on any atom is 0.274 e. The molecular formula is C21H22N4O3S. The number of nitrogens with one attached hydrogen (secondary N) is 1. The van der Waals surface area contributed by atoms with Gasteiger partial charge in [0.25, 0.3) is 5.91 Å². The van der Waals surface area contributed by atoms with Crippen LogP contribution < -0.4 is 4.74 Å². The van der Waals surface area contributed by atoms with Crippen LogP contribution >= 0.6 is 11.3 Å². The Hall–Kier alpha value is -3.13. The van der Waals surface area contributed by atoms with E-state index in [0.717, 1.165) is 21.9 Å². The molecule has 2 amide bonds. The fourth-order valence-corrected chi connectivity index (χ4v) is 4.03. The minimum absolute atomic E-state index is 0.0713. The molecule has 0 radical (unpaired) electrons. The molecule has 4 rings (SSSR count). The largest absolute Gasteiger partial charge is 0.497 e. The number of amides is 2.